The standard InChI is InChI=1S/C26H29BBrFN2O3/c1-32-10-11-33-12-13-34-22-6-4-21(5-7-22)30-16-20(29)17-31-25-8-2-18(27)14-23(25)24-15-19(28)3-9-26(24)31/h2-9,14-15,20,30H,10-13,16-17,27H2,1H3. The molecule has 0 bridgehead atoms. The average Bonchev–Trinajstić information content (AvgIpc) is 3.12. The van der Waals surface area contributed by atoms with Crippen molar-refractivity contribution < 1.29 is 18.6 Å². The molecular weight excluding hydrogens is 498 g/mol. The van der Waals surface area contributed by atoms with Gasteiger partial charge in [-0.05, 0) is 48.5 Å². The molecule has 1 aromatic heterocycles. The Morgan fingerprint density at radius 1 is 0.941 bits per heavy atom. The minimum atomic E-state index is -1.05. The number of aromatic nitrogens is 1. The predicted molar refractivity (Wildman–Crippen MR) is 143 cm³/mol. The zero-order chi connectivity index (χ0) is 23.9. The molecule has 4 aromatic rings. The zero-order valence-electron chi connectivity index (χ0n) is 19.5. The third-order valence-electron chi connectivity index (χ3n) is 5.67. The molecule has 178 valence electrons. The fourth-order valence-electron chi connectivity index (χ4n) is 4.01. The lowest BCUT2D eigenvalue weighted by Gasteiger charge is -2.14. The number of hydrogen-bond donors (Lipinski definition) is 1. The van der Waals surface area contributed by atoms with E-state index in [-0.39, 0.29) is 13.1 Å². The summed E-state index contributed by atoms with van der Waals surface area (Å²) in [7, 11) is 3.72. The van der Waals surface area contributed by atoms with Gasteiger partial charge < -0.3 is 24.1 Å². The van der Waals surface area contributed by atoms with Crippen molar-refractivity contribution in [3.8, 4) is 5.75 Å². The van der Waals surface area contributed by atoms with Crippen molar-refractivity contribution in [3.05, 3.63) is 65.1 Å². The molecule has 1 unspecified atom stereocenters. The highest BCUT2D eigenvalue weighted by atomic mass is 79.9. The number of halogens is 2. The lowest BCUT2D eigenvalue weighted by Crippen LogP contribution is -2.21. The first-order chi connectivity index (χ1) is 16.5. The molecule has 0 amide bonds. The summed E-state index contributed by atoms with van der Waals surface area (Å²) in [6.07, 6.45) is -1.05. The highest BCUT2D eigenvalue weighted by Crippen LogP contribution is 2.31. The minimum Gasteiger partial charge on any atom is -0.491 e. The third kappa shape index (κ3) is 6.11. The summed E-state index contributed by atoms with van der Waals surface area (Å²) in [5.74, 6) is 0.754. The molecule has 1 heterocycles. The largest absolute Gasteiger partial charge is 0.491 e. The second-order valence-electron chi connectivity index (χ2n) is 8.25. The Morgan fingerprint density at radius 3 is 2.41 bits per heavy atom. The van der Waals surface area contributed by atoms with Gasteiger partial charge in [0, 0.05) is 45.6 Å². The molecule has 0 aliphatic carbocycles. The van der Waals surface area contributed by atoms with Crippen molar-refractivity contribution in [2.45, 2.75) is 12.7 Å². The van der Waals surface area contributed by atoms with Crippen LogP contribution in [0.4, 0.5) is 10.1 Å². The number of anilines is 1. The molecule has 8 heteroatoms. The molecule has 0 fully saturated rings. The molecule has 0 saturated carbocycles. The van der Waals surface area contributed by atoms with Crippen LogP contribution < -0.4 is 15.5 Å². The topological polar surface area (TPSA) is 44.7 Å². The molecule has 0 aliphatic heterocycles. The van der Waals surface area contributed by atoms with Gasteiger partial charge in [-0.1, -0.05) is 33.5 Å². The lowest BCUT2D eigenvalue weighted by atomic mass is 9.94. The Kier molecular flexibility index (Phi) is 8.48. The van der Waals surface area contributed by atoms with Crippen LogP contribution in [-0.4, -0.2) is 58.7 Å². The summed E-state index contributed by atoms with van der Waals surface area (Å²) in [6.45, 7) is 2.60. The van der Waals surface area contributed by atoms with Crippen molar-refractivity contribution in [1.29, 1.82) is 0 Å². The van der Waals surface area contributed by atoms with Crippen molar-refractivity contribution >= 4 is 56.7 Å². The van der Waals surface area contributed by atoms with Gasteiger partial charge in [0.2, 0.25) is 0 Å². The molecule has 5 nitrogen and oxygen atoms in total. The number of hydrogen-bond acceptors (Lipinski definition) is 4. The molecule has 0 saturated heterocycles. The smallest absolute Gasteiger partial charge is 0.139 e. The van der Waals surface area contributed by atoms with E-state index in [4.69, 9.17) is 14.2 Å². The highest BCUT2D eigenvalue weighted by Gasteiger charge is 2.15. The molecule has 4 rings (SSSR count). The SMILES string of the molecule is Bc1ccc2c(c1)c1cc(Br)ccc1n2CC(F)CNc1ccc(OCCOCCOC)cc1. The van der Waals surface area contributed by atoms with Gasteiger partial charge in [-0.25, -0.2) is 4.39 Å². The second kappa shape index (κ2) is 11.7. The van der Waals surface area contributed by atoms with Gasteiger partial charge >= 0.3 is 0 Å². The van der Waals surface area contributed by atoms with Crippen LogP contribution in [0.25, 0.3) is 21.8 Å². The average molecular weight is 527 g/mol. The van der Waals surface area contributed by atoms with Crippen molar-refractivity contribution in [2.75, 3.05) is 45.4 Å². The van der Waals surface area contributed by atoms with Crippen LogP contribution in [0, 0.1) is 0 Å². The summed E-state index contributed by atoms with van der Waals surface area (Å²) in [5, 5.41) is 5.48. The molecule has 0 aliphatic rings. The molecule has 3 aromatic carbocycles. The first-order valence-electron chi connectivity index (χ1n) is 11.4. The Hall–Kier alpha value is -2.55. The fraction of sp³-hybridized carbons (Fsp3) is 0.308. The van der Waals surface area contributed by atoms with E-state index < -0.39 is 6.17 Å². The van der Waals surface area contributed by atoms with Crippen molar-refractivity contribution in [3.63, 3.8) is 0 Å². The molecule has 1 N–H and O–H groups in total. The normalized spacial score (nSPS) is 12.3. The minimum absolute atomic E-state index is 0.219. The molecular formula is C26H29BBrFN2O3. The van der Waals surface area contributed by atoms with E-state index in [1.165, 1.54) is 5.46 Å². The van der Waals surface area contributed by atoms with E-state index in [0.717, 1.165) is 37.7 Å². The van der Waals surface area contributed by atoms with Gasteiger partial charge in [0.15, 0.2) is 0 Å². The third-order valence-corrected chi connectivity index (χ3v) is 6.17. The van der Waals surface area contributed by atoms with Gasteiger partial charge in [-0.15, -0.1) is 0 Å². The summed E-state index contributed by atoms with van der Waals surface area (Å²) >= 11 is 3.57. The quantitative estimate of drug-likeness (QED) is 0.221. The molecule has 1 atom stereocenters. The van der Waals surface area contributed by atoms with Crippen LogP contribution in [0.1, 0.15) is 0 Å². The number of benzene rings is 3. The maximum Gasteiger partial charge on any atom is 0.139 e. The Labute approximate surface area is 208 Å². The molecule has 34 heavy (non-hydrogen) atoms. The highest BCUT2D eigenvalue weighted by molar-refractivity contribution is 9.10. The summed E-state index contributed by atoms with van der Waals surface area (Å²) in [4.78, 5) is 0. The maximum absolute atomic E-state index is 15.1. The van der Waals surface area contributed by atoms with Gasteiger partial charge in [0.05, 0.1) is 26.4 Å². The van der Waals surface area contributed by atoms with Gasteiger partial charge in [0.1, 0.15) is 26.4 Å². The van der Waals surface area contributed by atoms with E-state index in [9.17, 15) is 0 Å². The Balaban J connectivity index is 1.35. The van der Waals surface area contributed by atoms with E-state index in [2.05, 4.69) is 64.0 Å². The Morgan fingerprint density at radius 2 is 1.65 bits per heavy atom. The number of nitrogens with one attached hydrogen (secondary N) is 1. The number of ether oxygens (including phenoxy) is 3. The number of methoxy groups -OCH3 is 1. The van der Waals surface area contributed by atoms with Crippen molar-refractivity contribution in [2.24, 2.45) is 0 Å². The number of rotatable bonds is 12. The summed E-state index contributed by atoms with van der Waals surface area (Å²) in [5.41, 5.74) is 4.14. The predicted octanol–water partition coefficient (Wildman–Crippen LogP) is 4.31. The number of alkyl halides is 1. The second-order valence-corrected chi connectivity index (χ2v) is 9.16. The van der Waals surface area contributed by atoms with Crippen LogP contribution in [0.3, 0.4) is 0 Å². The van der Waals surface area contributed by atoms with Crippen LogP contribution in [0.15, 0.2) is 65.1 Å². The zero-order valence-corrected chi connectivity index (χ0v) is 21.1. The van der Waals surface area contributed by atoms with Crippen LogP contribution in [-0.2, 0) is 16.0 Å². The summed E-state index contributed by atoms with van der Waals surface area (Å²) in [6, 6.07) is 20.0. The number of fused-ring (bicyclic) bond motifs is 3. The molecule has 0 radical (unpaired) electrons. The monoisotopic (exact) mass is 526 g/mol. The van der Waals surface area contributed by atoms with E-state index in [1.54, 1.807) is 7.11 Å². The van der Waals surface area contributed by atoms with Gasteiger partial charge in [0.25, 0.3) is 0 Å². The van der Waals surface area contributed by atoms with Crippen LogP contribution >= 0.6 is 15.9 Å². The Bertz CT molecular complexity index is 1170. The maximum atomic E-state index is 15.1. The van der Waals surface area contributed by atoms with Gasteiger partial charge in [-0.2, -0.15) is 0 Å². The van der Waals surface area contributed by atoms with E-state index in [0.29, 0.717) is 26.4 Å². The van der Waals surface area contributed by atoms with E-state index >= 15 is 4.39 Å². The van der Waals surface area contributed by atoms with Gasteiger partial charge in [-0.3, -0.25) is 0 Å². The number of nitrogens with zero attached hydrogens (tertiary/aromatic N) is 1. The van der Waals surface area contributed by atoms with E-state index in [1.807, 2.05) is 30.3 Å². The first-order valence-corrected chi connectivity index (χ1v) is 12.2. The summed E-state index contributed by atoms with van der Waals surface area (Å²) < 4.78 is 34.2. The molecule has 0 spiro atoms. The van der Waals surface area contributed by atoms with Crippen LogP contribution in [0.2, 0.25) is 0 Å². The first kappa shape index (κ1) is 24.6. The van der Waals surface area contributed by atoms with Crippen molar-refractivity contribution in [1.82, 2.24) is 4.57 Å². The van der Waals surface area contributed by atoms with Crippen LogP contribution in [0.5, 0.6) is 5.75 Å². The fourth-order valence-corrected chi connectivity index (χ4v) is 4.37. The lowest BCUT2D eigenvalue weighted by molar-refractivity contribution is 0.0544.